The number of halogens is 1. The molecule has 4 nitrogen and oxygen atoms in total. The molecule has 0 aliphatic heterocycles. The van der Waals surface area contributed by atoms with Crippen LogP contribution in [0.1, 0.15) is 26.0 Å². The third-order valence-electron chi connectivity index (χ3n) is 2.94. The highest BCUT2D eigenvalue weighted by atomic mass is 19.1. The molecule has 1 aromatic heterocycles. The van der Waals surface area contributed by atoms with E-state index in [1.807, 2.05) is 13.0 Å². The quantitative estimate of drug-likeness (QED) is 0.868. The molecule has 0 radical (unpaired) electrons. The zero-order valence-electron chi connectivity index (χ0n) is 11.9. The van der Waals surface area contributed by atoms with E-state index in [9.17, 15) is 4.39 Å². The van der Waals surface area contributed by atoms with E-state index in [2.05, 4.69) is 34.4 Å². The van der Waals surface area contributed by atoms with E-state index in [1.165, 1.54) is 12.1 Å². The zero-order chi connectivity index (χ0) is 14.5. The summed E-state index contributed by atoms with van der Waals surface area (Å²) in [6.45, 7) is 6.07. The summed E-state index contributed by atoms with van der Waals surface area (Å²) in [6.07, 6.45) is 0.990. The predicted molar refractivity (Wildman–Crippen MR) is 79.8 cm³/mol. The van der Waals surface area contributed by atoms with Crippen molar-refractivity contribution in [1.29, 1.82) is 0 Å². The van der Waals surface area contributed by atoms with Crippen molar-refractivity contribution in [1.82, 2.24) is 9.97 Å². The number of aryl methyl sites for hydroxylation is 1. The van der Waals surface area contributed by atoms with Crippen molar-refractivity contribution in [2.75, 3.05) is 10.6 Å². The van der Waals surface area contributed by atoms with Gasteiger partial charge in [-0.2, -0.15) is 4.98 Å². The molecule has 1 atom stereocenters. The molecule has 1 heterocycles. The van der Waals surface area contributed by atoms with Gasteiger partial charge in [-0.15, -0.1) is 0 Å². The lowest BCUT2D eigenvalue weighted by molar-refractivity contribution is 0.628. The molecule has 0 aliphatic carbocycles. The van der Waals surface area contributed by atoms with Gasteiger partial charge in [0, 0.05) is 23.5 Å². The van der Waals surface area contributed by atoms with Gasteiger partial charge >= 0.3 is 0 Å². The van der Waals surface area contributed by atoms with E-state index >= 15 is 0 Å². The van der Waals surface area contributed by atoms with Crippen LogP contribution in [0.25, 0.3) is 0 Å². The molecule has 1 unspecified atom stereocenters. The predicted octanol–water partition coefficient (Wildman–Crippen LogP) is 3.88. The van der Waals surface area contributed by atoms with Crippen molar-refractivity contribution >= 4 is 17.5 Å². The number of nitrogens with zero attached hydrogens (tertiary/aromatic N) is 2. The standard InChI is InChI=1S/C15H19FN4/c1-4-10(2)17-15-18-11(3)8-14(20-15)19-13-7-5-6-12(16)9-13/h5-10H,4H2,1-3H3,(H2,17,18,19,20). The Labute approximate surface area is 118 Å². The number of anilines is 3. The summed E-state index contributed by atoms with van der Waals surface area (Å²) >= 11 is 0. The minimum atomic E-state index is -0.279. The first-order chi connectivity index (χ1) is 9.56. The van der Waals surface area contributed by atoms with Crippen molar-refractivity contribution in [2.45, 2.75) is 33.2 Å². The van der Waals surface area contributed by atoms with Gasteiger partial charge in [0.15, 0.2) is 0 Å². The Morgan fingerprint density at radius 1 is 1.25 bits per heavy atom. The van der Waals surface area contributed by atoms with Crippen LogP contribution in [0.2, 0.25) is 0 Å². The Morgan fingerprint density at radius 2 is 2.05 bits per heavy atom. The molecule has 0 saturated heterocycles. The first-order valence-electron chi connectivity index (χ1n) is 6.71. The average molecular weight is 274 g/mol. The van der Waals surface area contributed by atoms with Crippen molar-refractivity contribution in [3.05, 3.63) is 41.8 Å². The monoisotopic (exact) mass is 274 g/mol. The van der Waals surface area contributed by atoms with Crippen LogP contribution in [0.5, 0.6) is 0 Å². The maximum atomic E-state index is 13.2. The smallest absolute Gasteiger partial charge is 0.225 e. The SMILES string of the molecule is CCC(C)Nc1nc(C)cc(Nc2cccc(F)c2)n1. The summed E-state index contributed by atoms with van der Waals surface area (Å²) in [5.74, 6) is 0.950. The van der Waals surface area contributed by atoms with Crippen LogP contribution in [-0.4, -0.2) is 16.0 Å². The molecule has 20 heavy (non-hydrogen) atoms. The zero-order valence-corrected chi connectivity index (χ0v) is 11.9. The lowest BCUT2D eigenvalue weighted by atomic mass is 10.3. The van der Waals surface area contributed by atoms with E-state index in [4.69, 9.17) is 0 Å². The Balaban J connectivity index is 2.19. The molecule has 1 aromatic carbocycles. The number of nitrogens with one attached hydrogen (secondary N) is 2. The Bertz CT molecular complexity index is 586. The van der Waals surface area contributed by atoms with Gasteiger partial charge in [0.25, 0.3) is 0 Å². The molecule has 0 fully saturated rings. The van der Waals surface area contributed by atoms with Crippen molar-refractivity contribution < 1.29 is 4.39 Å². The summed E-state index contributed by atoms with van der Waals surface area (Å²) < 4.78 is 13.2. The third-order valence-corrected chi connectivity index (χ3v) is 2.94. The highest BCUT2D eigenvalue weighted by molar-refractivity contribution is 5.57. The van der Waals surface area contributed by atoms with E-state index < -0.39 is 0 Å². The van der Waals surface area contributed by atoms with Crippen LogP contribution < -0.4 is 10.6 Å². The molecule has 5 heteroatoms. The normalized spacial score (nSPS) is 12.0. The van der Waals surface area contributed by atoms with Crippen LogP contribution in [0, 0.1) is 12.7 Å². The molecule has 2 aromatic rings. The van der Waals surface area contributed by atoms with Crippen LogP contribution in [0.3, 0.4) is 0 Å². The number of hydrogen-bond donors (Lipinski definition) is 2. The van der Waals surface area contributed by atoms with E-state index in [-0.39, 0.29) is 5.82 Å². The maximum absolute atomic E-state index is 13.2. The van der Waals surface area contributed by atoms with Gasteiger partial charge in [-0.25, -0.2) is 9.37 Å². The summed E-state index contributed by atoms with van der Waals surface area (Å²) in [5.41, 5.74) is 1.52. The second kappa shape index (κ2) is 6.32. The second-order valence-electron chi connectivity index (χ2n) is 4.81. The van der Waals surface area contributed by atoms with Gasteiger partial charge in [-0.1, -0.05) is 13.0 Å². The van der Waals surface area contributed by atoms with Crippen LogP contribution >= 0.6 is 0 Å². The maximum Gasteiger partial charge on any atom is 0.225 e. The molecular formula is C15H19FN4. The molecule has 2 N–H and O–H groups in total. The minimum absolute atomic E-state index is 0.279. The summed E-state index contributed by atoms with van der Waals surface area (Å²) in [4.78, 5) is 8.74. The van der Waals surface area contributed by atoms with Crippen LogP contribution in [0.15, 0.2) is 30.3 Å². The van der Waals surface area contributed by atoms with E-state index in [0.717, 1.165) is 12.1 Å². The first-order valence-corrected chi connectivity index (χ1v) is 6.71. The topological polar surface area (TPSA) is 49.8 Å². The lowest BCUT2D eigenvalue weighted by Crippen LogP contribution is -2.16. The van der Waals surface area contributed by atoms with Gasteiger partial charge in [0.1, 0.15) is 11.6 Å². The fraction of sp³-hybridized carbons (Fsp3) is 0.333. The largest absolute Gasteiger partial charge is 0.352 e. The average Bonchev–Trinajstić information content (AvgIpc) is 2.37. The summed E-state index contributed by atoms with van der Waals surface area (Å²) in [6, 6.07) is 8.42. The molecule has 0 spiro atoms. The molecule has 0 bridgehead atoms. The minimum Gasteiger partial charge on any atom is -0.352 e. The van der Waals surface area contributed by atoms with Crippen LogP contribution in [-0.2, 0) is 0 Å². The Morgan fingerprint density at radius 3 is 2.75 bits per heavy atom. The second-order valence-corrected chi connectivity index (χ2v) is 4.81. The lowest BCUT2D eigenvalue weighted by Gasteiger charge is -2.13. The number of aromatic nitrogens is 2. The first kappa shape index (κ1) is 14.2. The summed E-state index contributed by atoms with van der Waals surface area (Å²) in [5, 5.41) is 6.32. The highest BCUT2D eigenvalue weighted by Gasteiger charge is 2.05. The Hall–Kier alpha value is -2.17. The van der Waals surface area contributed by atoms with Crippen molar-refractivity contribution in [2.24, 2.45) is 0 Å². The van der Waals surface area contributed by atoms with Gasteiger partial charge in [0.2, 0.25) is 5.95 Å². The fourth-order valence-electron chi connectivity index (χ4n) is 1.73. The highest BCUT2D eigenvalue weighted by Crippen LogP contribution is 2.18. The molecule has 0 saturated carbocycles. The number of hydrogen-bond acceptors (Lipinski definition) is 4. The Kier molecular flexibility index (Phi) is 4.50. The molecule has 0 amide bonds. The van der Waals surface area contributed by atoms with E-state index in [1.54, 1.807) is 12.1 Å². The molecule has 2 rings (SSSR count). The molecular weight excluding hydrogens is 255 g/mol. The third kappa shape index (κ3) is 3.91. The van der Waals surface area contributed by atoms with Crippen LogP contribution in [0.4, 0.5) is 21.8 Å². The van der Waals surface area contributed by atoms with Gasteiger partial charge < -0.3 is 10.6 Å². The number of benzene rings is 1. The number of rotatable bonds is 5. The fourth-order valence-corrected chi connectivity index (χ4v) is 1.73. The van der Waals surface area contributed by atoms with Gasteiger partial charge in [0.05, 0.1) is 0 Å². The molecule has 106 valence electrons. The van der Waals surface area contributed by atoms with Crippen molar-refractivity contribution in [3.8, 4) is 0 Å². The van der Waals surface area contributed by atoms with Gasteiger partial charge in [-0.05, 0) is 38.5 Å². The molecule has 0 aliphatic rings. The van der Waals surface area contributed by atoms with E-state index in [0.29, 0.717) is 23.5 Å². The summed E-state index contributed by atoms with van der Waals surface area (Å²) in [7, 11) is 0. The van der Waals surface area contributed by atoms with Gasteiger partial charge in [-0.3, -0.25) is 0 Å². The van der Waals surface area contributed by atoms with Crippen molar-refractivity contribution in [3.63, 3.8) is 0 Å².